The first kappa shape index (κ1) is 28.1. The van der Waals surface area contributed by atoms with Gasteiger partial charge in [0.1, 0.15) is 5.75 Å². The van der Waals surface area contributed by atoms with E-state index in [2.05, 4.69) is 30.8 Å². The van der Waals surface area contributed by atoms with Crippen LogP contribution < -0.4 is 15.4 Å². The van der Waals surface area contributed by atoms with Crippen LogP contribution in [-0.4, -0.2) is 56.2 Å². The van der Waals surface area contributed by atoms with E-state index in [-0.39, 0.29) is 10.7 Å². The van der Waals surface area contributed by atoms with Crippen LogP contribution >= 0.6 is 34.7 Å². The molecule has 188 valence electrons. The molecule has 0 bridgehead atoms. The molecule has 1 aromatic carbocycles. The summed E-state index contributed by atoms with van der Waals surface area (Å²) < 4.78 is 37.7. The average Bonchev–Trinajstić information content (AvgIpc) is 3.25. The number of methoxy groups -OCH3 is 1. The maximum absolute atomic E-state index is 12.5. The van der Waals surface area contributed by atoms with Gasteiger partial charge in [-0.25, -0.2) is 14.8 Å². The van der Waals surface area contributed by atoms with Crippen LogP contribution in [0.2, 0.25) is 5.02 Å². The zero-order valence-corrected chi connectivity index (χ0v) is 20.5. The first-order valence-corrected chi connectivity index (χ1v) is 11.7. The molecule has 2 aromatic heterocycles. The van der Waals surface area contributed by atoms with E-state index in [1.807, 2.05) is 31.2 Å². The number of anilines is 2. The van der Waals surface area contributed by atoms with Crippen LogP contribution in [-0.2, 0) is 11.3 Å². The minimum atomic E-state index is -5.08. The number of nitrogens with one attached hydrogen (secondary N) is 2. The van der Waals surface area contributed by atoms with Gasteiger partial charge in [0, 0.05) is 6.54 Å². The molecule has 3 rings (SSSR count). The highest BCUT2D eigenvalue weighted by atomic mass is 35.5. The Morgan fingerprint density at radius 3 is 2.46 bits per heavy atom. The fourth-order valence-corrected chi connectivity index (χ4v) is 3.96. The van der Waals surface area contributed by atoms with Crippen molar-refractivity contribution in [1.82, 2.24) is 20.2 Å². The quantitative estimate of drug-likeness (QED) is 0.269. The number of carbonyl (C=O) groups is 2. The molecule has 0 aliphatic rings. The largest absolute Gasteiger partial charge is 0.497 e. The number of thioether (sulfide) groups is 1. The van der Waals surface area contributed by atoms with Crippen LogP contribution in [0.5, 0.6) is 5.75 Å². The van der Waals surface area contributed by atoms with Crippen molar-refractivity contribution in [1.29, 1.82) is 0 Å². The first-order chi connectivity index (χ1) is 16.5. The summed E-state index contributed by atoms with van der Waals surface area (Å²) in [4.78, 5) is 29.7. The fraction of sp³-hybridized carbons (Fsp3) is 0.263. The molecule has 0 saturated carbocycles. The van der Waals surface area contributed by atoms with E-state index in [0.717, 1.165) is 21.4 Å². The number of amides is 1. The number of carboxylic acids is 1. The number of carbonyl (C=O) groups excluding carboxylic acids is 1. The normalized spacial score (nSPS) is 10.7. The first-order valence-electron chi connectivity index (χ1n) is 9.50. The van der Waals surface area contributed by atoms with Crippen molar-refractivity contribution in [3.8, 4) is 5.75 Å². The van der Waals surface area contributed by atoms with Crippen molar-refractivity contribution >= 4 is 57.7 Å². The Balaban J connectivity index is 0.000000540. The summed E-state index contributed by atoms with van der Waals surface area (Å²) in [6.45, 7) is 2.51. The lowest BCUT2D eigenvalue weighted by molar-refractivity contribution is -0.192. The molecule has 0 aliphatic heterocycles. The van der Waals surface area contributed by atoms with Gasteiger partial charge in [-0.15, -0.1) is 10.2 Å². The maximum Gasteiger partial charge on any atom is 0.490 e. The summed E-state index contributed by atoms with van der Waals surface area (Å²) in [6, 6.07) is 7.59. The van der Waals surface area contributed by atoms with Crippen LogP contribution in [0, 0.1) is 0 Å². The van der Waals surface area contributed by atoms with E-state index in [0.29, 0.717) is 17.6 Å². The van der Waals surface area contributed by atoms with Crippen LogP contribution in [0.3, 0.4) is 0 Å². The molecule has 0 spiro atoms. The van der Waals surface area contributed by atoms with Gasteiger partial charge in [-0.05, 0) is 23.4 Å². The van der Waals surface area contributed by atoms with Gasteiger partial charge >= 0.3 is 12.1 Å². The SMILES string of the molecule is CCSc1nnc(NC(=O)c2nc(NCc3ccc(OC)cc3)ncc2Cl)s1.O=C(O)C(F)(F)F. The molecule has 0 saturated heterocycles. The smallest absolute Gasteiger partial charge is 0.490 e. The highest BCUT2D eigenvalue weighted by Gasteiger charge is 2.38. The second-order valence-electron chi connectivity index (χ2n) is 6.15. The van der Waals surface area contributed by atoms with Gasteiger partial charge in [0.2, 0.25) is 11.1 Å². The number of aliphatic carboxylic acids is 1. The summed E-state index contributed by atoms with van der Waals surface area (Å²) in [6.07, 6.45) is -3.70. The van der Waals surface area contributed by atoms with Crippen LogP contribution in [0.15, 0.2) is 34.8 Å². The summed E-state index contributed by atoms with van der Waals surface area (Å²) in [5.74, 6) is -1.27. The fourth-order valence-electron chi connectivity index (χ4n) is 2.13. The molecule has 0 fully saturated rings. The number of benzene rings is 1. The molecular formula is C19H18ClF3N6O4S2. The van der Waals surface area contributed by atoms with Crippen molar-refractivity contribution in [2.45, 2.75) is 24.0 Å². The zero-order valence-electron chi connectivity index (χ0n) is 18.1. The molecule has 3 N–H and O–H groups in total. The van der Waals surface area contributed by atoms with E-state index in [9.17, 15) is 18.0 Å². The predicted molar refractivity (Wildman–Crippen MR) is 125 cm³/mol. The van der Waals surface area contributed by atoms with E-state index >= 15 is 0 Å². The number of ether oxygens (including phenoxy) is 1. The summed E-state index contributed by atoms with van der Waals surface area (Å²) >= 11 is 8.95. The number of carboxylic acid groups (broad SMARTS) is 1. The van der Waals surface area contributed by atoms with Crippen molar-refractivity contribution in [3.63, 3.8) is 0 Å². The Morgan fingerprint density at radius 1 is 1.23 bits per heavy atom. The van der Waals surface area contributed by atoms with Crippen molar-refractivity contribution in [3.05, 3.63) is 46.7 Å². The lowest BCUT2D eigenvalue weighted by Crippen LogP contribution is -2.21. The third-order valence-corrected chi connectivity index (χ3v) is 5.84. The predicted octanol–water partition coefficient (Wildman–Crippen LogP) is 4.60. The monoisotopic (exact) mass is 550 g/mol. The van der Waals surface area contributed by atoms with E-state index < -0.39 is 18.1 Å². The van der Waals surface area contributed by atoms with Gasteiger partial charge in [0.25, 0.3) is 5.91 Å². The van der Waals surface area contributed by atoms with E-state index in [1.54, 1.807) is 18.9 Å². The number of rotatable bonds is 8. The van der Waals surface area contributed by atoms with Crippen molar-refractivity contribution < 1.29 is 32.6 Å². The Morgan fingerprint density at radius 2 is 1.89 bits per heavy atom. The number of halogens is 4. The molecule has 16 heteroatoms. The molecule has 0 unspecified atom stereocenters. The molecule has 0 radical (unpaired) electrons. The van der Waals surface area contributed by atoms with Crippen molar-refractivity contribution in [2.75, 3.05) is 23.5 Å². The minimum absolute atomic E-state index is 0.0637. The van der Waals surface area contributed by atoms with Crippen molar-refractivity contribution in [2.24, 2.45) is 0 Å². The second kappa shape index (κ2) is 13.1. The molecule has 10 nitrogen and oxygen atoms in total. The topological polar surface area (TPSA) is 139 Å². The van der Waals surface area contributed by atoms with E-state index in [4.69, 9.17) is 26.2 Å². The summed E-state index contributed by atoms with van der Waals surface area (Å²) in [5, 5.41) is 21.4. The average molecular weight is 551 g/mol. The molecule has 0 atom stereocenters. The molecule has 0 aliphatic carbocycles. The Bertz CT molecular complexity index is 1150. The number of nitrogens with zero attached hydrogens (tertiary/aromatic N) is 4. The van der Waals surface area contributed by atoms with Crippen LogP contribution in [0.4, 0.5) is 24.3 Å². The number of hydrogen-bond acceptors (Lipinski definition) is 10. The number of aromatic nitrogens is 4. The van der Waals surface area contributed by atoms with Gasteiger partial charge < -0.3 is 15.2 Å². The summed E-state index contributed by atoms with van der Waals surface area (Å²) in [5.41, 5.74) is 1.08. The highest BCUT2D eigenvalue weighted by Crippen LogP contribution is 2.26. The Kier molecular flexibility index (Phi) is 10.5. The van der Waals surface area contributed by atoms with E-state index in [1.165, 1.54) is 17.5 Å². The minimum Gasteiger partial charge on any atom is -0.497 e. The standard InChI is InChI=1S/C17H17ClN6O2S2.C2HF3O2/c1-3-27-17-24-23-16(28-17)22-14(25)13-12(18)9-20-15(21-13)19-8-10-4-6-11(26-2)7-5-10;3-2(4,5)1(6)7/h4-7,9H,3,8H2,1-2H3,(H,19,20,21)(H,22,23,25);(H,6,7). The maximum atomic E-state index is 12.5. The Labute approximate surface area is 210 Å². The van der Waals surface area contributed by atoms with Crippen LogP contribution in [0.1, 0.15) is 23.0 Å². The highest BCUT2D eigenvalue weighted by molar-refractivity contribution is 8.01. The van der Waals surface area contributed by atoms with Gasteiger partial charge in [-0.3, -0.25) is 10.1 Å². The van der Waals surface area contributed by atoms with Gasteiger partial charge in [0.15, 0.2) is 10.0 Å². The third-order valence-electron chi connectivity index (χ3n) is 3.71. The van der Waals surface area contributed by atoms with Gasteiger partial charge in [0.05, 0.1) is 18.3 Å². The van der Waals surface area contributed by atoms with Gasteiger partial charge in [-0.2, -0.15) is 13.2 Å². The molecule has 2 heterocycles. The number of alkyl halides is 3. The molecular weight excluding hydrogens is 533 g/mol. The molecule has 3 aromatic rings. The summed E-state index contributed by atoms with van der Waals surface area (Å²) in [7, 11) is 1.62. The van der Waals surface area contributed by atoms with Crippen LogP contribution in [0.25, 0.3) is 0 Å². The Hall–Kier alpha value is -3.17. The third kappa shape index (κ3) is 9.18. The lowest BCUT2D eigenvalue weighted by Gasteiger charge is -2.08. The molecule has 35 heavy (non-hydrogen) atoms. The molecule has 1 amide bonds. The lowest BCUT2D eigenvalue weighted by atomic mass is 10.2. The zero-order chi connectivity index (χ0) is 26.0. The second-order valence-corrected chi connectivity index (χ2v) is 9.05. The van der Waals surface area contributed by atoms with Gasteiger partial charge in [-0.1, -0.05) is 53.8 Å². The number of hydrogen-bond donors (Lipinski definition) is 3.